The lowest BCUT2D eigenvalue weighted by molar-refractivity contribution is 0.258. The van der Waals surface area contributed by atoms with Crippen molar-refractivity contribution >= 4 is 21.7 Å². The molecule has 1 fully saturated rings. The van der Waals surface area contributed by atoms with E-state index < -0.39 is 0 Å². The minimum absolute atomic E-state index is 0.251. The average Bonchev–Trinajstić information content (AvgIpc) is 3.18. The van der Waals surface area contributed by atoms with Gasteiger partial charge in [-0.25, -0.2) is 9.97 Å². The molecule has 0 aliphatic heterocycles. The maximum absolute atomic E-state index is 8.97. The lowest BCUT2D eigenvalue weighted by Gasteiger charge is -2.15. The number of nitrogens with zero attached hydrogens (tertiary/aromatic N) is 2. The Hall–Kier alpha value is -0.680. The zero-order valence-electron chi connectivity index (χ0n) is 10.7. The van der Waals surface area contributed by atoms with Gasteiger partial charge in [-0.3, -0.25) is 0 Å². The molecule has 18 heavy (non-hydrogen) atoms. The van der Waals surface area contributed by atoms with Crippen LogP contribution < -0.4 is 5.32 Å². The molecule has 1 unspecified atom stereocenters. The van der Waals surface area contributed by atoms with E-state index in [4.69, 9.17) is 5.11 Å². The van der Waals surface area contributed by atoms with E-state index in [2.05, 4.69) is 38.1 Å². The number of halogens is 1. The summed E-state index contributed by atoms with van der Waals surface area (Å²) < 4.78 is 0.845. The highest BCUT2D eigenvalue weighted by Gasteiger charge is 2.27. The molecule has 1 heterocycles. The largest absolute Gasteiger partial charge is 0.396 e. The summed E-state index contributed by atoms with van der Waals surface area (Å²) in [7, 11) is 0. The first kappa shape index (κ1) is 13.7. The molecule has 0 radical (unpaired) electrons. The second-order valence-corrected chi connectivity index (χ2v) is 5.69. The van der Waals surface area contributed by atoms with E-state index in [9.17, 15) is 0 Å². The van der Waals surface area contributed by atoms with Gasteiger partial charge < -0.3 is 10.4 Å². The predicted molar refractivity (Wildman–Crippen MR) is 75.7 cm³/mol. The molecule has 1 saturated carbocycles. The first-order valence-corrected chi connectivity index (χ1v) is 7.41. The second-order valence-electron chi connectivity index (χ2n) is 4.88. The molecule has 0 aromatic carbocycles. The topological polar surface area (TPSA) is 58.0 Å². The smallest absolute Gasteiger partial charge is 0.135 e. The average molecular weight is 314 g/mol. The minimum Gasteiger partial charge on any atom is -0.396 e. The molecule has 0 bridgehead atoms. The van der Waals surface area contributed by atoms with Gasteiger partial charge in [-0.15, -0.1) is 0 Å². The van der Waals surface area contributed by atoms with Gasteiger partial charge in [0.2, 0.25) is 0 Å². The summed E-state index contributed by atoms with van der Waals surface area (Å²) in [5.41, 5.74) is 0. The van der Waals surface area contributed by atoms with Gasteiger partial charge in [0.05, 0.1) is 0 Å². The van der Waals surface area contributed by atoms with E-state index in [1.54, 1.807) is 0 Å². The van der Waals surface area contributed by atoms with Gasteiger partial charge >= 0.3 is 0 Å². The third kappa shape index (κ3) is 3.92. The number of aliphatic hydroxyl groups is 1. The summed E-state index contributed by atoms with van der Waals surface area (Å²) in [6.45, 7) is 3.25. The van der Waals surface area contributed by atoms with Gasteiger partial charge in [-0.05, 0) is 41.1 Å². The van der Waals surface area contributed by atoms with Gasteiger partial charge in [0.1, 0.15) is 16.2 Å². The van der Waals surface area contributed by atoms with Gasteiger partial charge in [0.15, 0.2) is 0 Å². The van der Waals surface area contributed by atoms with Gasteiger partial charge in [-0.2, -0.15) is 0 Å². The third-order valence-electron chi connectivity index (χ3n) is 3.34. The highest BCUT2D eigenvalue weighted by atomic mass is 79.9. The maximum atomic E-state index is 8.97. The number of hydrogen-bond acceptors (Lipinski definition) is 4. The van der Waals surface area contributed by atoms with Crippen LogP contribution in [0.4, 0.5) is 5.82 Å². The Balaban J connectivity index is 1.95. The molecule has 2 rings (SSSR count). The quantitative estimate of drug-likeness (QED) is 0.760. The summed E-state index contributed by atoms with van der Waals surface area (Å²) in [4.78, 5) is 8.95. The molecular weight excluding hydrogens is 294 g/mol. The van der Waals surface area contributed by atoms with E-state index in [0.717, 1.165) is 35.6 Å². The van der Waals surface area contributed by atoms with Crippen LogP contribution in [-0.2, 0) is 0 Å². The number of aromatic nitrogens is 2. The Morgan fingerprint density at radius 3 is 2.89 bits per heavy atom. The van der Waals surface area contributed by atoms with Crippen LogP contribution >= 0.6 is 15.9 Å². The van der Waals surface area contributed by atoms with Crippen molar-refractivity contribution in [1.29, 1.82) is 0 Å². The van der Waals surface area contributed by atoms with Crippen LogP contribution in [0.5, 0.6) is 0 Å². The molecular formula is C13H20BrN3O. The van der Waals surface area contributed by atoms with Crippen molar-refractivity contribution in [2.45, 2.75) is 38.5 Å². The molecule has 2 N–H and O–H groups in total. The molecule has 1 aliphatic rings. The van der Waals surface area contributed by atoms with Crippen LogP contribution in [-0.4, -0.2) is 28.2 Å². The molecule has 1 atom stereocenters. The van der Waals surface area contributed by atoms with Crippen molar-refractivity contribution in [1.82, 2.24) is 9.97 Å². The number of rotatable bonds is 7. The Labute approximate surface area is 116 Å². The molecule has 1 aromatic heterocycles. The zero-order chi connectivity index (χ0) is 13.0. The van der Waals surface area contributed by atoms with E-state index in [1.165, 1.54) is 12.8 Å². The third-order valence-corrected chi connectivity index (χ3v) is 3.75. The fraction of sp³-hybridized carbons (Fsp3) is 0.692. The molecule has 1 aliphatic carbocycles. The normalized spacial score (nSPS) is 16.6. The number of nitrogens with one attached hydrogen (secondary N) is 1. The SMILES string of the molecule is CCC(CCO)CNc1cc(Br)nc(C2CC2)n1. The number of aliphatic hydroxyl groups excluding tert-OH is 1. The fourth-order valence-corrected chi connectivity index (χ4v) is 2.33. The summed E-state index contributed by atoms with van der Waals surface area (Å²) in [6.07, 6.45) is 4.32. The molecule has 5 heteroatoms. The van der Waals surface area contributed by atoms with E-state index in [-0.39, 0.29) is 6.61 Å². The van der Waals surface area contributed by atoms with Gasteiger partial charge in [0.25, 0.3) is 0 Å². The summed E-state index contributed by atoms with van der Waals surface area (Å²) >= 11 is 3.43. The van der Waals surface area contributed by atoms with Crippen molar-refractivity contribution in [3.8, 4) is 0 Å². The van der Waals surface area contributed by atoms with Gasteiger partial charge in [0, 0.05) is 25.1 Å². The molecule has 4 nitrogen and oxygen atoms in total. The molecule has 100 valence electrons. The highest BCUT2D eigenvalue weighted by Crippen LogP contribution is 2.38. The van der Waals surface area contributed by atoms with Crippen molar-refractivity contribution < 1.29 is 5.11 Å². The lowest BCUT2D eigenvalue weighted by Crippen LogP contribution is -2.16. The van der Waals surface area contributed by atoms with Crippen molar-refractivity contribution in [2.24, 2.45) is 5.92 Å². The van der Waals surface area contributed by atoms with Crippen molar-refractivity contribution in [3.05, 3.63) is 16.5 Å². The Morgan fingerprint density at radius 2 is 2.28 bits per heavy atom. The molecule has 0 saturated heterocycles. The predicted octanol–water partition coefficient (Wildman–Crippen LogP) is 2.94. The van der Waals surface area contributed by atoms with Crippen LogP contribution in [0.25, 0.3) is 0 Å². The first-order valence-electron chi connectivity index (χ1n) is 6.62. The minimum atomic E-state index is 0.251. The monoisotopic (exact) mass is 313 g/mol. The van der Waals surface area contributed by atoms with Crippen LogP contribution in [0.15, 0.2) is 10.7 Å². The lowest BCUT2D eigenvalue weighted by atomic mass is 10.0. The van der Waals surface area contributed by atoms with E-state index >= 15 is 0 Å². The number of anilines is 1. The zero-order valence-corrected chi connectivity index (χ0v) is 12.3. The second kappa shape index (κ2) is 6.48. The standard InChI is InChI=1S/C13H20BrN3O/c1-2-9(5-6-18)8-15-12-7-11(14)16-13(17-12)10-3-4-10/h7,9-10,18H,2-6,8H2,1H3,(H,15,16,17). The van der Waals surface area contributed by atoms with Gasteiger partial charge in [-0.1, -0.05) is 13.3 Å². The highest BCUT2D eigenvalue weighted by molar-refractivity contribution is 9.10. The molecule has 0 spiro atoms. The molecule has 1 aromatic rings. The summed E-state index contributed by atoms with van der Waals surface area (Å²) in [5.74, 6) is 2.88. The van der Waals surface area contributed by atoms with Crippen molar-refractivity contribution in [2.75, 3.05) is 18.5 Å². The Kier molecular flexibility index (Phi) is 4.95. The maximum Gasteiger partial charge on any atom is 0.135 e. The van der Waals surface area contributed by atoms with Crippen LogP contribution in [0.1, 0.15) is 44.3 Å². The van der Waals surface area contributed by atoms with Crippen LogP contribution in [0.3, 0.4) is 0 Å². The van der Waals surface area contributed by atoms with Crippen LogP contribution in [0, 0.1) is 5.92 Å². The Bertz CT molecular complexity index is 396. The number of hydrogen-bond donors (Lipinski definition) is 2. The van der Waals surface area contributed by atoms with E-state index in [0.29, 0.717) is 11.8 Å². The summed E-state index contributed by atoms with van der Waals surface area (Å²) in [6, 6.07) is 1.91. The Morgan fingerprint density at radius 1 is 1.50 bits per heavy atom. The van der Waals surface area contributed by atoms with Crippen molar-refractivity contribution in [3.63, 3.8) is 0 Å². The first-order chi connectivity index (χ1) is 8.72. The molecule has 0 amide bonds. The van der Waals surface area contributed by atoms with Crippen LogP contribution in [0.2, 0.25) is 0 Å². The summed E-state index contributed by atoms with van der Waals surface area (Å²) in [5, 5.41) is 12.3. The van der Waals surface area contributed by atoms with E-state index in [1.807, 2.05) is 6.07 Å². The fourth-order valence-electron chi connectivity index (χ4n) is 1.93.